The number of benzene rings is 2. The normalized spacial score (nSPS) is 10.6. The highest BCUT2D eigenvalue weighted by Crippen LogP contribution is 2.38. The molecule has 2 aromatic rings. The summed E-state index contributed by atoms with van der Waals surface area (Å²) in [6.45, 7) is 6.94. The molecular formula is C23H31BrCl3NO2. The molecule has 168 valence electrons. The topological polar surface area (TPSA) is 30.5 Å². The fraction of sp³-hybridized carbons (Fsp3) is 0.478. The summed E-state index contributed by atoms with van der Waals surface area (Å²) in [7, 11) is 0. The number of hydrogen-bond acceptors (Lipinski definition) is 3. The monoisotopic (exact) mass is 537 g/mol. The standard InChI is InChI=1S/C23H30BrCl2NO2.ClH/c1-3-5-6-7-8-11-27-15-17-12-20(24)23(22(13-17)28-4-2)29-16-18-9-10-19(25)14-21(18)26;/h9-10,12-14,27H,3-8,11,15-16H2,1-2H3;1H. The molecule has 2 aromatic carbocycles. The van der Waals surface area contributed by atoms with Crippen LogP contribution in [0.3, 0.4) is 0 Å². The molecular weight excluding hydrogens is 509 g/mol. The number of unbranched alkanes of at least 4 members (excludes halogenated alkanes) is 4. The van der Waals surface area contributed by atoms with Crippen LogP contribution in [0, 0.1) is 0 Å². The highest BCUT2D eigenvalue weighted by atomic mass is 79.9. The largest absolute Gasteiger partial charge is 0.490 e. The molecule has 0 heterocycles. The van der Waals surface area contributed by atoms with Gasteiger partial charge in [0.15, 0.2) is 11.5 Å². The van der Waals surface area contributed by atoms with Crippen LogP contribution in [-0.4, -0.2) is 13.2 Å². The minimum Gasteiger partial charge on any atom is -0.490 e. The van der Waals surface area contributed by atoms with Crippen molar-refractivity contribution in [2.24, 2.45) is 0 Å². The third-order valence-corrected chi connectivity index (χ3v) is 5.72. The molecule has 0 unspecified atom stereocenters. The number of hydrogen-bond donors (Lipinski definition) is 1. The summed E-state index contributed by atoms with van der Waals surface area (Å²) in [4.78, 5) is 0. The summed E-state index contributed by atoms with van der Waals surface area (Å²) in [6, 6.07) is 9.51. The van der Waals surface area contributed by atoms with Crippen LogP contribution in [0.1, 0.15) is 57.1 Å². The van der Waals surface area contributed by atoms with Crippen LogP contribution in [0.25, 0.3) is 0 Å². The molecule has 0 fully saturated rings. The molecule has 30 heavy (non-hydrogen) atoms. The Labute approximate surface area is 205 Å². The molecule has 0 bridgehead atoms. The highest BCUT2D eigenvalue weighted by molar-refractivity contribution is 9.10. The van der Waals surface area contributed by atoms with Crippen LogP contribution in [-0.2, 0) is 13.2 Å². The lowest BCUT2D eigenvalue weighted by atomic mass is 10.1. The number of rotatable bonds is 13. The predicted octanol–water partition coefficient (Wildman–Crippen LogP) is 8.22. The van der Waals surface area contributed by atoms with Gasteiger partial charge in [-0.15, -0.1) is 12.4 Å². The molecule has 0 aliphatic heterocycles. The fourth-order valence-electron chi connectivity index (χ4n) is 3.00. The van der Waals surface area contributed by atoms with E-state index in [1.165, 1.54) is 32.1 Å². The van der Waals surface area contributed by atoms with Crippen molar-refractivity contribution in [3.05, 3.63) is 56.0 Å². The van der Waals surface area contributed by atoms with Crippen molar-refractivity contribution in [1.29, 1.82) is 0 Å². The zero-order valence-electron chi connectivity index (χ0n) is 17.6. The van der Waals surface area contributed by atoms with Crippen molar-refractivity contribution < 1.29 is 9.47 Å². The Hall–Kier alpha value is -0.650. The first-order chi connectivity index (χ1) is 14.0. The summed E-state index contributed by atoms with van der Waals surface area (Å²) in [5.74, 6) is 1.41. The van der Waals surface area contributed by atoms with Gasteiger partial charge in [-0.2, -0.15) is 0 Å². The third kappa shape index (κ3) is 9.23. The maximum Gasteiger partial charge on any atom is 0.175 e. The Morgan fingerprint density at radius 1 is 0.967 bits per heavy atom. The summed E-state index contributed by atoms with van der Waals surface area (Å²) in [5.41, 5.74) is 2.03. The van der Waals surface area contributed by atoms with E-state index in [9.17, 15) is 0 Å². The zero-order valence-corrected chi connectivity index (χ0v) is 21.5. The van der Waals surface area contributed by atoms with Crippen LogP contribution >= 0.6 is 51.5 Å². The van der Waals surface area contributed by atoms with Gasteiger partial charge in [0.2, 0.25) is 0 Å². The Morgan fingerprint density at radius 3 is 2.43 bits per heavy atom. The Balaban J connectivity index is 0.00000450. The van der Waals surface area contributed by atoms with E-state index in [1.807, 2.05) is 25.1 Å². The Kier molecular flexibility index (Phi) is 13.9. The van der Waals surface area contributed by atoms with E-state index in [0.29, 0.717) is 29.0 Å². The second-order valence-electron chi connectivity index (χ2n) is 6.95. The predicted molar refractivity (Wildman–Crippen MR) is 134 cm³/mol. The molecule has 0 spiro atoms. The Bertz CT molecular complexity index is 774. The first-order valence-corrected chi connectivity index (χ1v) is 11.8. The van der Waals surface area contributed by atoms with Crippen LogP contribution < -0.4 is 14.8 Å². The maximum absolute atomic E-state index is 6.26. The summed E-state index contributed by atoms with van der Waals surface area (Å²) < 4.78 is 12.7. The smallest absolute Gasteiger partial charge is 0.175 e. The molecule has 0 atom stereocenters. The van der Waals surface area contributed by atoms with Crippen molar-refractivity contribution in [3.8, 4) is 11.5 Å². The zero-order chi connectivity index (χ0) is 21.1. The van der Waals surface area contributed by atoms with Gasteiger partial charge in [0, 0.05) is 22.2 Å². The number of ether oxygens (including phenoxy) is 2. The molecule has 0 radical (unpaired) electrons. The molecule has 0 amide bonds. The fourth-order valence-corrected chi connectivity index (χ4v) is 4.07. The van der Waals surface area contributed by atoms with Gasteiger partial charge in [0.1, 0.15) is 6.61 Å². The average molecular weight is 540 g/mol. The third-order valence-electron chi connectivity index (χ3n) is 4.54. The molecule has 3 nitrogen and oxygen atoms in total. The van der Waals surface area contributed by atoms with Crippen LogP contribution in [0.4, 0.5) is 0 Å². The minimum atomic E-state index is 0. The maximum atomic E-state index is 6.26. The van der Waals surface area contributed by atoms with Gasteiger partial charge in [-0.25, -0.2) is 0 Å². The summed E-state index contributed by atoms with van der Waals surface area (Å²) in [5, 5.41) is 4.72. The second-order valence-corrected chi connectivity index (χ2v) is 8.65. The molecule has 0 saturated carbocycles. The van der Waals surface area contributed by atoms with Crippen molar-refractivity contribution in [2.75, 3.05) is 13.2 Å². The number of halogens is 4. The van der Waals surface area contributed by atoms with Crippen LogP contribution in [0.2, 0.25) is 10.0 Å². The SMILES string of the molecule is CCCCCCCNCc1cc(Br)c(OCc2ccc(Cl)cc2Cl)c(OCC)c1.Cl. The Morgan fingerprint density at radius 2 is 1.73 bits per heavy atom. The lowest BCUT2D eigenvalue weighted by molar-refractivity contribution is 0.267. The molecule has 2 rings (SSSR count). The van der Waals surface area contributed by atoms with Gasteiger partial charge in [0.25, 0.3) is 0 Å². The van der Waals surface area contributed by atoms with E-state index >= 15 is 0 Å². The molecule has 0 aromatic heterocycles. The average Bonchev–Trinajstić information content (AvgIpc) is 2.68. The quantitative estimate of drug-likeness (QED) is 0.260. The molecule has 1 N–H and O–H groups in total. The van der Waals surface area contributed by atoms with E-state index in [2.05, 4.69) is 34.2 Å². The van der Waals surface area contributed by atoms with Gasteiger partial charge in [0.05, 0.1) is 11.1 Å². The van der Waals surface area contributed by atoms with Gasteiger partial charge in [-0.1, -0.05) is 61.9 Å². The molecule has 7 heteroatoms. The summed E-state index contributed by atoms with van der Waals surface area (Å²) in [6.07, 6.45) is 6.42. The van der Waals surface area contributed by atoms with E-state index in [4.69, 9.17) is 32.7 Å². The van der Waals surface area contributed by atoms with Crippen molar-refractivity contribution >= 4 is 51.5 Å². The van der Waals surface area contributed by atoms with Gasteiger partial charge >= 0.3 is 0 Å². The highest BCUT2D eigenvalue weighted by Gasteiger charge is 2.13. The van der Waals surface area contributed by atoms with Crippen molar-refractivity contribution in [1.82, 2.24) is 5.32 Å². The number of nitrogens with one attached hydrogen (secondary N) is 1. The van der Waals surface area contributed by atoms with E-state index < -0.39 is 0 Å². The van der Waals surface area contributed by atoms with E-state index in [-0.39, 0.29) is 12.4 Å². The molecule has 0 saturated heterocycles. The van der Waals surface area contributed by atoms with Gasteiger partial charge in [-0.3, -0.25) is 0 Å². The second kappa shape index (κ2) is 15.2. The van der Waals surface area contributed by atoms with Crippen molar-refractivity contribution in [3.63, 3.8) is 0 Å². The first kappa shape index (κ1) is 27.4. The first-order valence-electron chi connectivity index (χ1n) is 10.3. The van der Waals surface area contributed by atoms with Gasteiger partial charge in [-0.05, 0) is 65.6 Å². The molecule has 0 aliphatic carbocycles. The molecule has 0 aliphatic rings. The van der Waals surface area contributed by atoms with Gasteiger partial charge < -0.3 is 14.8 Å². The summed E-state index contributed by atoms with van der Waals surface area (Å²) >= 11 is 15.9. The lowest BCUT2D eigenvalue weighted by Crippen LogP contribution is -2.15. The lowest BCUT2D eigenvalue weighted by Gasteiger charge is -2.16. The van der Waals surface area contributed by atoms with E-state index in [1.54, 1.807) is 6.07 Å². The van der Waals surface area contributed by atoms with Crippen LogP contribution in [0.15, 0.2) is 34.8 Å². The minimum absolute atomic E-state index is 0. The van der Waals surface area contributed by atoms with E-state index in [0.717, 1.165) is 34.4 Å². The van der Waals surface area contributed by atoms with Crippen LogP contribution in [0.5, 0.6) is 11.5 Å². The van der Waals surface area contributed by atoms with Crippen molar-refractivity contribution in [2.45, 2.75) is 59.1 Å².